The topological polar surface area (TPSA) is 42.4 Å². The van der Waals surface area contributed by atoms with E-state index >= 15 is 0 Å². The second-order valence-electron chi connectivity index (χ2n) is 4.62. The smallest absolute Gasteiger partial charge is 0.131 e. The van der Waals surface area contributed by atoms with E-state index in [0.717, 1.165) is 22.6 Å². The largest absolute Gasteiger partial charge is 0.497 e. The van der Waals surface area contributed by atoms with E-state index in [1.807, 2.05) is 60.0 Å². The van der Waals surface area contributed by atoms with Crippen LogP contribution in [0.4, 0.5) is 0 Å². The normalized spacial score (nSPS) is 12.1. The molecule has 1 aromatic heterocycles. The van der Waals surface area contributed by atoms with Crippen LogP contribution in [0, 0.1) is 0 Å². The van der Waals surface area contributed by atoms with Gasteiger partial charge >= 0.3 is 0 Å². The van der Waals surface area contributed by atoms with Gasteiger partial charge in [-0.3, -0.25) is 0 Å². The van der Waals surface area contributed by atoms with Crippen molar-refractivity contribution in [3.8, 4) is 17.0 Å². The van der Waals surface area contributed by atoms with Gasteiger partial charge in [-0.2, -0.15) is 0 Å². The van der Waals surface area contributed by atoms with Gasteiger partial charge in [-0.15, -0.1) is 11.3 Å². The molecule has 1 atom stereocenters. The molecule has 3 nitrogen and oxygen atoms in total. The highest BCUT2D eigenvalue weighted by Crippen LogP contribution is 2.30. The predicted molar refractivity (Wildman–Crippen MR) is 84.6 cm³/mol. The summed E-state index contributed by atoms with van der Waals surface area (Å²) >= 11 is 1.46. The summed E-state index contributed by atoms with van der Waals surface area (Å²) in [5.74, 6) is 0.728. The van der Waals surface area contributed by atoms with E-state index in [1.54, 1.807) is 7.11 Å². The number of hydrogen-bond acceptors (Lipinski definition) is 4. The van der Waals surface area contributed by atoms with E-state index < -0.39 is 6.10 Å². The SMILES string of the molecule is COc1cccc(C(O)c2nc(-c3ccccc3)cs2)c1. The number of methoxy groups -OCH3 is 1. The summed E-state index contributed by atoms with van der Waals surface area (Å²) in [7, 11) is 1.61. The highest BCUT2D eigenvalue weighted by Gasteiger charge is 2.15. The lowest BCUT2D eigenvalue weighted by atomic mass is 10.1. The van der Waals surface area contributed by atoms with Crippen LogP contribution < -0.4 is 4.74 Å². The number of aliphatic hydroxyl groups is 1. The first-order valence-electron chi connectivity index (χ1n) is 6.61. The van der Waals surface area contributed by atoms with Crippen LogP contribution in [0.25, 0.3) is 11.3 Å². The number of nitrogens with zero attached hydrogens (tertiary/aromatic N) is 1. The standard InChI is InChI=1S/C17H15NO2S/c1-20-14-9-5-8-13(10-14)16(19)17-18-15(11-21-17)12-6-3-2-4-7-12/h2-11,16,19H,1H3. The lowest BCUT2D eigenvalue weighted by Gasteiger charge is -2.09. The maximum absolute atomic E-state index is 10.5. The van der Waals surface area contributed by atoms with Gasteiger partial charge in [0.05, 0.1) is 12.8 Å². The van der Waals surface area contributed by atoms with Crippen molar-refractivity contribution in [1.82, 2.24) is 4.98 Å². The number of benzene rings is 2. The number of rotatable bonds is 4. The Bertz CT molecular complexity index is 724. The molecule has 0 spiro atoms. The molecule has 0 saturated heterocycles. The van der Waals surface area contributed by atoms with Crippen LogP contribution in [0.3, 0.4) is 0 Å². The van der Waals surface area contributed by atoms with Gasteiger partial charge in [-0.1, -0.05) is 42.5 Å². The van der Waals surface area contributed by atoms with Gasteiger partial charge in [0.15, 0.2) is 0 Å². The molecule has 0 saturated carbocycles. The van der Waals surface area contributed by atoms with Gasteiger partial charge in [0.2, 0.25) is 0 Å². The van der Waals surface area contributed by atoms with Crippen LogP contribution in [0.2, 0.25) is 0 Å². The molecule has 21 heavy (non-hydrogen) atoms. The summed E-state index contributed by atoms with van der Waals surface area (Å²) in [6.45, 7) is 0. The summed E-state index contributed by atoms with van der Waals surface area (Å²) in [5.41, 5.74) is 2.72. The maximum atomic E-state index is 10.5. The molecule has 3 aromatic rings. The molecule has 106 valence electrons. The molecule has 0 aliphatic carbocycles. The molecule has 0 bridgehead atoms. The molecule has 0 aliphatic rings. The van der Waals surface area contributed by atoms with Crippen molar-refractivity contribution in [2.75, 3.05) is 7.11 Å². The Labute approximate surface area is 127 Å². The van der Waals surface area contributed by atoms with Gasteiger partial charge in [-0.25, -0.2) is 4.98 Å². The molecule has 0 aliphatic heterocycles. The van der Waals surface area contributed by atoms with Gasteiger partial charge in [-0.05, 0) is 17.7 Å². The van der Waals surface area contributed by atoms with Gasteiger partial charge in [0, 0.05) is 10.9 Å². The first-order chi connectivity index (χ1) is 10.3. The predicted octanol–water partition coefficient (Wildman–Crippen LogP) is 3.90. The van der Waals surface area contributed by atoms with Crippen molar-refractivity contribution in [3.63, 3.8) is 0 Å². The van der Waals surface area contributed by atoms with Crippen molar-refractivity contribution in [2.24, 2.45) is 0 Å². The van der Waals surface area contributed by atoms with Crippen molar-refractivity contribution in [2.45, 2.75) is 6.10 Å². The Morgan fingerprint density at radius 1 is 1.10 bits per heavy atom. The fraction of sp³-hybridized carbons (Fsp3) is 0.118. The summed E-state index contributed by atoms with van der Waals surface area (Å²) in [6, 6.07) is 17.4. The quantitative estimate of drug-likeness (QED) is 0.794. The van der Waals surface area contributed by atoms with E-state index in [2.05, 4.69) is 4.98 Å². The van der Waals surface area contributed by atoms with Crippen molar-refractivity contribution < 1.29 is 9.84 Å². The zero-order chi connectivity index (χ0) is 14.7. The molecular formula is C17H15NO2S. The maximum Gasteiger partial charge on any atom is 0.131 e. The van der Waals surface area contributed by atoms with Crippen LogP contribution in [-0.4, -0.2) is 17.2 Å². The van der Waals surface area contributed by atoms with Crippen LogP contribution in [-0.2, 0) is 0 Å². The number of aliphatic hydroxyl groups excluding tert-OH is 1. The molecule has 4 heteroatoms. The van der Waals surface area contributed by atoms with E-state index in [-0.39, 0.29) is 0 Å². The van der Waals surface area contributed by atoms with Crippen molar-refractivity contribution >= 4 is 11.3 Å². The third-order valence-electron chi connectivity index (χ3n) is 3.23. The molecule has 1 N–H and O–H groups in total. The lowest BCUT2D eigenvalue weighted by Crippen LogP contribution is -1.99. The molecule has 3 rings (SSSR count). The average molecular weight is 297 g/mol. The fourth-order valence-corrected chi connectivity index (χ4v) is 2.95. The Balaban J connectivity index is 1.88. The molecule has 2 aromatic carbocycles. The van der Waals surface area contributed by atoms with Crippen LogP contribution >= 0.6 is 11.3 Å². The molecule has 0 amide bonds. The summed E-state index contributed by atoms with van der Waals surface area (Å²) in [4.78, 5) is 4.54. The number of ether oxygens (including phenoxy) is 1. The summed E-state index contributed by atoms with van der Waals surface area (Å²) < 4.78 is 5.19. The monoisotopic (exact) mass is 297 g/mol. The Morgan fingerprint density at radius 3 is 2.67 bits per heavy atom. The minimum atomic E-state index is -0.734. The third kappa shape index (κ3) is 2.96. The molecule has 0 radical (unpaired) electrons. The van der Waals surface area contributed by atoms with Crippen molar-refractivity contribution in [1.29, 1.82) is 0 Å². The third-order valence-corrected chi connectivity index (χ3v) is 4.13. The minimum Gasteiger partial charge on any atom is -0.497 e. The van der Waals surface area contributed by atoms with E-state index in [1.165, 1.54) is 11.3 Å². The second-order valence-corrected chi connectivity index (χ2v) is 5.51. The average Bonchev–Trinajstić information content (AvgIpc) is 3.05. The molecule has 0 fully saturated rings. The zero-order valence-corrected chi connectivity index (χ0v) is 12.4. The Kier molecular flexibility index (Phi) is 3.99. The van der Waals surface area contributed by atoms with E-state index in [4.69, 9.17) is 4.74 Å². The van der Waals surface area contributed by atoms with Gasteiger partial charge in [0.1, 0.15) is 16.9 Å². The number of aromatic nitrogens is 1. The molecular weight excluding hydrogens is 282 g/mol. The molecule has 1 heterocycles. The Morgan fingerprint density at radius 2 is 1.90 bits per heavy atom. The summed E-state index contributed by atoms with van der Waals surface area (Å²) in [5, 5.41) is 13.1. The van der Waals surface area contributed by atoms with Gasteiger partial charge in [0.25, 0.3) is 0 Å². The fourth-order valence-electron chi connectivity index (χ4n) is 2.11. The molecule has 1 unspecified atom stereocenters. The van der Waals surface area contributed by atoms with E-state index in [0.29, 0.717) is 5.01 Å². The van der Waals surface area contributed by atoms with Crippen LogP contribution in [0.5, 0.6) is 5.75 Å². The first-order valence-corrected chi connectivity index (χ1v) is 7.49. The van der Waals surface area contributed by atoms with Gasteiger partial charge < -0.3 is 9.84 Å². The highest BCUT2D eigenvalue weighted by atomic mass is 32.1. The first kappa shape index (κ1) is 13.8. The lowest BCUT2D eigenvalue weighted by molar-refractivity contribution is 0.219. The number of hydrogen-bond donors (Lipinski definition) is 1. The minimum absolute atomic E-state index is 0.683. The number of thiazole rings is 1. The Hall–Kier alpha value is -2.17. The summed E-state index contributed by atoms with van der Waals surface area (Å²) in [6.07, 6.45) is -0.734. The van der Waals surface area contributed by atoms with E-state index in [9.17, 15) is 5.11 Å². The van der Waals surface area contributed by atoms with Crippen LogP contribution in [0.1, 0.15) is 16.7 Å². The second kappa shape index (κ2) is 6.08. The van der Waals surface area contributed by atoms with Crippen molar-refractivity contribution in [3.05, 3.63) is 70.5 Å². The zero-order valence-electron chi connectivity index (χ0n) is 11.6. The van der Waals surface area contributed by atoms with Crippen LogP contribution in [0.15, 0.2) is 60.0 Å². The highest BCUT2D eigenvalue weighted by molar-refractivity contribution is 7.10.